The lowest BCUT2D eigenvalue weighted by molar-refractivity contribution is -0.131. The number of hydrogen-bond donors (Lipinski definition) is 1. The van der Waals surface area contributed by atoms with E-state index in [4.69, 9.17) is 5.11 Å². The summed E-state index contributed by atoms with van der Waals surface area (Å²) in [4.78, 5) is 15.8. The Labute approximate surface area is 101 Å². The number of rotatable bonds is 1. The van der Waals surface area contributed by atoms with Crippen molar-refractivity contribution in [3.05, 3.63) is 33.7 Å². The van der Waals surface area contributed by atoms with E-state index in [2.05, 4.69) is 4.99 Å². The normalized spacial score (nSPS) is 27.1. The summed E-state index contributed by atoms with van der Waals surface area (Å²) in [5.41, 5.74) is 2.38. The number of carboxylic acids is 1. The van der Waals surface area contributed by atoms with Crippen LogP contribution in [0.2, 0.25) is 0 Å². The zero-order valence-corrected chi connectivity index (χ0v) is 9.98. The lowest BCUT2D eigenvalue weighted by Gasteiger charge is -2.21. The summed E-state index contributed by atoms with van der Waals surface area (Å²) in [7, 11) is 0. The Hall–Kier alpha value is -0.940. The van der Waals surface area contributed by atoms with Gasteiger partial charge in [-0.05, 0) is 23.5 Å². The number of nitrogens with zero attached hydrogens (tertiary/aromatic N) is 1. The lowest BCUT2D eigenvalue weighted by atomic mass is 9.96. The van der Waals surface area contributed by atoms with Crippen molar-refractivity contribution in [3.8, 4) is 0 Å². The molecule has 0 radical (unpaired) electrons. The van der Waals surface area contributed by atoms with Crippen molar-refractivity contribution < 1.29 is 9.90 Å². The summed E-state index contributed by atoms with van der Waals surface area (Å²) in [6.07, 6.45) is 4.78. The highest BCUT2D eigenvalue weighted by atomic mass is 32.2. The fourth-order valence-electron chi connectivity index (χ4n) is 1.96. The molecule has 0 spiro atoms. The van der Waals surface area contributed by atoms with Crippen LogP contribution in [0.4, 0.5) is 0 Å². The monoisotopic (exact) mass is 251 g/mol. The Bertz CT molecular complexity index is 488. The van der Waals surface area contributed by atoms with Gasteiger partial charge in [0.05, 0.1) is 15.6 Å². The number of hydrogen-bond acceptors (Lipinski definition) is 4. The van der Waals surface area contributed by atoms with Crippen molar-refractivity contribution in [2.75, 3.05) is 5.75 Å². The van der Waals surface area contributed by atoms with Gasteiger partial charge >= 0.3 is 5.97 Å². The molecule has 3 aliphatic heterocycles. The van der Waals surface area contributed by atoms with Gasteiger partial charge in [-0.25, -0.2) is 9.79 Å². The maximum Gasteiger partial charge on any atom is 0.342 e. The standard InChI is InChI=1S/C11H9NO2S2/c13-11(14)9-4-6-3-7-5-15-2-1-8(7)12-10(6)16-9/h1-2,4,6H,3,5H2,(H,13,14). The summed E-state index contributed by atoms with van der Waals surface area (Å²) in [5, 5.41) is 11.9. The van der Waals surface area contributed by atoms with Crippen LogP contribution in [-0.2, 0) is 4.79 Å². The van der Waals surface area contributed by atoms with Crippen LogP contribution in [0.15, 0.2) is 38.7 Å². The number of fused-ring (bicyclic) bond motifs is 1. The molecule has 0 aromatic rings. The van der Waals surface area contributed by atoms with Crippen molar-refractivity contribution in [2.24, 2.45) is 10.9 Å². The fourth-order valence-corrected chi connectivity index (χ4v) is 3.74. The second-order valence-corrected chi connectivity index (χ2v) is 5.76. The van der Waals surface area contributed by atoms with E-state index in [1.165, 1.54) is 17.3 Å². The third kappa shape index (κ3) is 1.64. The Balaban J connectivity index is 1.92. The van der Waals surface area contributed by atoms with E-state index in [1.54, 1.807) is 11.8 Å². The van der Waals surface area contributed by atoms with Gasteiger partial charge in [0.25, 0.3) is 0 Å². The molecule has 0 bridgehead atoms. The molecule has 1 N–H and O–H groups in total. The van der Waals surface area contributed by atoms with E-state index in [1.807, 2.05) is 17.6 Å². The highest BCUT2D eigenvalue weighted by Crippen LogP contribution is 2.41. The largest absolute Gasteiger partial charge is 0.477 e. The smallest absolute Gasteiger partial charge is 0.342 e. The molecule has 0 saturated carbocycles. The van der Waals surface area contributed by atoms with Crippen LogP contribution >= 0.6 is 23.5 Å². The van der Waals surface area contributed by atoms with Crippen LogP contribution in [0.1, 0.15) is 6.42 Å². The summed E-state index contributed by atoms with van der Waals surface area (Å²) < 4.78 is 0. The summed E-state index contributed by atoms with van der Waals surface area (Å²) in [6, 6.07) is 0. The molecule has 3 rings (SSSR count). The molecule has 3 heterocycles. The second kappa shape index (κ2) is 3.82. The predicted molar refractivity (Wildman–Crippen MR) is 67.5 cm³/mol. The van der Waals surface area contributed by atoms with Gasteiger partial charge in [-0.3, -0.25) is 0 Å². The van der Waals surface area contributed by atoms with Crippen LogP contribution in [0.5, 0.6) is 0 Å². The zero-order chi connectivity index (χ0) is 11.1. The maximum atomic E-state index is 10.9. The SMILES string of the molecule is O=C(O)C1=CC2CC3=C(C=CSC3)N=C2S1. The first-order valence-corrected chi connectivity index (χ1v) is 6.82. The molecule has 0 saturated heterocycles. The molecule has 0 aromatic heterocycles. The maximum absolute atomic E-state index is 10.9. The average molecular weight is 251 g/mol. The molecule has 82 valence electrons. The third-order valence-corrected chi connectivity index (χ3v) is 4.71. The topological polar surface area (TPSA) is 49.7 Å². The first-order valence-electron chi connectivity index (χ1n) is 4.96. The van der Waals surface area contributed by atoms with Crippen molar-refractivity contribution in [2.45, 2.75) is 6.42 Å². The summed E-state index contributed by atoms with van der Waals surface area (Å²) in [6.45, 7) is 0. The highest BCUT2D eigenvalue weighted by Gasteiger charge is 2.32. The number of allylic oxidation sites excluding steroid dienone is 2. The fraction of sp³-hybridized carbons (Fsp3) is 0.273. The molecule has 3 nitrogen and oxygen atoms in total. The predicted octanol–water partition coefficient (Wildman–Crippen LogP) is 2.63. The zero-order valence-electron chi connectivity index (χ0n) is 8.34. The quantitative estimate of drug-likeness (QED) is 0.778. The minimum atomic E-state index is -0.843. The van der Waals surface area contributed by atoms with Crippen molar-refractivity contribution in [1.29, 1.82) is 0 Å². The minimum absolute atomic E-state index is 0.196. The molecule has 0 aromatic carbocycles. The molecule has 3 aliphatic rings. The van der Waals surface area contributed by atoms with E-state index in [9.17, 15) is 4.79 Å². The van der Waals surface area contributed by atoms with E-state index in [0.29, 0.717) is 4.91 Å². The van der Waals surface area contributed by atoms with Gasteiger partial charge in [-0.15, -0.1) is 11.8 Å². The highest BCUT2D eigenvalue weighted by molar-refractivity contribution is 8.18. The van der Waals surface area contributed by atoms with Gasteiger partial charge in [-0.1, -0.05) is 17.8 Å². The minimum Gasteiger partial charge on any atom is -0.477 e. The molecule has 0 aliphatic carbocycles. The van der Waals surface area contributed by atoms with Gasteiger partial charge < -0.3 is 5.11 Å². The number of carbonyl (C=O) groups is 1. The average Bonchev–Trinajstić information content (AvgIpc) is 2.68. The Morgan fingerprint density at radius 2 is 2.44 bits per heavy atom. The number of aliphatic imine (C=N–C) groups is 1. The Morgan fingerprint density at radius 1 is 1.56 bits per heavy atom. The molecular weight excluding hydrogens is 242 g/mol. The first-order chi connectivity index (χ1) is 7.74. The van der Waals surface area contributed by atoms with E-state index >= 15 is 0 Å². The van der Waals surface area contributed by atoms with Crippen molar-refractivity contribution >= 4 is 34.5 Å². The Kier molecular flexibility index (Phi) is 2.44. The van der Waals surface area contributed by atoms with Crippen molar-refractivity contribution in [1.82, 2.24) is 0 Å². The lowest BCUT2D eigenvalue weighted by Crippen LogP contribution is -2.14. The Morgan fingerprint density at radius 3 is 3.25 bits per heavy atom. The van der Waals surface area contributed by atoms with Crippen molar-refractivity contribution in [3.63, 3.8) is 0 Å². The van der Waals surface area contributed by atoms with Gasteiger partial charge in [0.2, 0.25) is 0 Å². The van der Waals surface area contributed by atoms with Crippen LogP contribution < -0.4 is 0 Å². The van der Waals surface area contributed by atoms with Gasteiger partial charge in [0.15, 0.2) is 0 Å². The van der Waals surface area contributed by atoms with E-state index in [0.717, 1.165) is 22.9 Å². The molecular formula is C11H9NO2S2. The molecule has 1 atom stereocenters. The molecule has 16 heavy (non-hydrogen) atoms. The number of thioether (sulfide) groups is 2. The molecule has 0 amide bonds. The van der Waals surface area contributed by atoms with Crippen LogP contribution in [0.25, 0.3) is 0 Å². The van der Waals surface area contributed by atoms with Gasteiger partial charge in [-0.2, -0.15) is 0 Å². The van der Waals surface area contributed by atoms with Crippen LogP contribution in [-0.4, -0.2) is 21.9 Å². The number of carboxylic acid groups (broad SMARTS) is 1. The van der Waals surface area contributed by atoms with E-state index in [-0.39, 0.29) is 5.92 Å². The summed E-state index contributed by atoms with van der Waals surface area (Å²) in [5.74, 6) is 0.340. The third-order valence-electron chi connectivity index (χ3n) is 2.73. The first kappa shape index (κ1) is 10.2. The molecule has 1 unspecified atom stereocenters. The van der Waals surface area contributed by atoms with Crippen LogP contribution in [0, 0.1) is 5.92 Å². The molecule has 5 heteroatoms. The second-order valence-electron chi connectivity index (χ2n) is 3.80. The van der Waals surface area contributed by atoms with Gasteiger partial charge in [0, 0.05) is 11.7 Å². The molecule has 0 fully saturated rings. The summed E-state index contributed by atoms with van der Waals surface area (Å²) >= 11 is 3.07. The van der Waals surface area contributed by atoms with Gasteiger partial charge in [0.1, 0.15) is 0 Å². The number of aliphatic carboxylic acids is 1. The van der Waals surface area contributed by atoms with E-state index < -0.39 is 5.97 Å². The van der Waals surface area contributed by atoms with Crippen LogP contribution in [0.3, 0.4) is 0 Å².